The minimum absolute atomic E-state index is 0.0168. The van der Waals surface area contributed by atoms with Gasteiger partial charge in [0.25, 0.3) is 5.91 Å². The Labute approximate surface area is 191 Å². The number of sulfonamides is 1. The molecule has 4 rings (SSSR count). The van der Waals surface area contributed by atoms with Crippen LogP contribution in [0.4, 0.5) is 14.5 Å². The molecule has 0 saturated heterocycles. The van der Waals surface area contributed by atoms with Gasteiger partial charge in [0.15, 0.2) is 18.1 Å². The number of alkyl halides is 2. The van der Waals surface area contributed by atoms with Crippen molar-refractivity contribution >= 4 is 27.6 Å². The Kier molecular flexibility index (Phi) is 6.22. The molecule has 3 aromatic rings. The SMILES string of the molecule is O=C(COC(=O)c1ccc(S(=O)(=O)NCc2ccco2)cc1)Nc1ccc2c(c1)OC(F)(F)O2. The number of nitrogens with one attached hydrogen (secondary N) is 2. The third kappa shape index (κ3) is 5.50. The summed E-state index contributed by atoms with van der Waals surface area (Å²) in [5.41, 5.74) is 0.140. The van der Waals surface area contributed by atoms with Crippen molar-refractivity contribution in [3.63, 3.8) is 0 Å². The minimum Gasteiger partial charge on any atom is -0.468 e. The Morgan fingerprint density at radius 2 is 1.74 bits per heavy atom. The highest BCUT2D eigenvalue weighted by atomic mass is 32.2. The van der Waals surface area contributed by atoms with Crippen LogP contribution in [0.25, 0.3) is 0 Å². The smallest absolute Gasteiger partial charge is 0.468 e. The molecule has 2 heterocycles. The highest BCUT2D eigenvalue weighted by molar-refractivity contribution is 7.89. The number of amides is 1. The highest BCUT2D eigenvalue weighted by Gasteiger charge is 2.43. The first kappa shape index (κ1) is 23.2. The quantitative estimate of drug-likeness (QED) is 0.457. The first-order valence-corrected chi connectivity index (χ1v) is 11.1. The second kappa shape index (κ2) is 9.11. The topological polar surface area (TPSA) is 133 Å². The van der Waals surface area contributed by atoms with Gasteiger partial charge in [-0.15, -0.1) is 8.78 Å². The Morgan fingerprint density at radius 3 is 2.44 bits per heavy atom. The van der Waals surface area contributed by atoms with Gasteiger partial charge < -0.3 is 23.9 Å². The van der Waals surface area contributed by atoms with Crippen LogP contribution in [0.15, 0.2) is 70.2 Å². The predicted molar refractivity (Wildman–Crippen MR) is 111 cm³/mol. The minimum atomic E-state index is -3.84. The maximum absolute atomic E-state index is 13.1. The number of esters is 1. The number of halogens is 2. The second-order valence-corrected chi connectivity index (χ2v) is 8.65. The number of carbonyl (C=O) groups excluding carboxylic acids is 2. The molecule has 0 spiro atoms. The van der Waals surface area contributed by atoms with Gasteiger partial charge >= 0.3 is 12.3 Å². The number of anilines is 1. The predicted octanol–water partition coefficient (Wildman–Crippen LogP) is 2.88. The lowest BCUT2D eigenvalue weighted by Gasteiger charge is -2.08. The highest BCUT2D eigenvalue weighted by Crippen LogP contribution is 2.42. The number of rotatable bonds is 8. The van der Waals surface area contributed by atoms with Crippen LogP contribution in [0.2, 0.25) is 0 Å². The normalized spacial score (nSPS) is 13.9. The summed E-state index contributed by atoms with van der Waals surface area (Å²) in [5, 5.41) is 2.37. The van der Waals surface area contributed by atoms with Crippen molar-refractivity contribution in [3.8, 4) is 11.5 Å². The third-order valence-corrected chi connectivity index (χ3v) is 5.85. The fourth-order valence-electron chi connectivity index (χ4n) is 2.87. The van der Waals surface area contributed by atoms with E-state index in [1.165, 1.54) is 42.7 Å². The van der Waals surface area contributed by atoms with E-state index < -0.39 is 34.8 Å². The molecule has 0 bridgehead atoms. The Balaban J connectivity index is 1.29. The molecule has 1 aliphatic rings. The van der Waals surface area contributed by atoms with Crippen molar-refractivity contribution in [1.82, 2.24) is 4.72 Å². The molecular weight excluding hydrogens is 478 g/mol. The molecule has 0 atom stereocenters. The zero-order valence-electron chi connectivity index (χ0n) is 17.1. The van der Waals surface area contributed by atoms with Crippen LogP contribution < -0.4 is 19.5 Å². The summed E-state index contributed by atoms with van der Waals surface area (Å²) in [6.45, 7) is -0.714. The van der Waals surface area contributed by atoms with E-state index in [2.05, 4.69) is 19.5 Å². The van der Waals surface area contributed by atoms with Gasteiger partial charge in [-0.1, -0.05) is 0 Å². The fourth-order valence-corrected chi connectivity index (χ4v) is 3.86. The molecule has 0 fully saturated rings. The largest absolute Gasteiger partial charge is 0.586 e. The molecule has 34 heavy (non-hydrogen) atoms. The lowest BCUT2D eigenvalue weighted by Crippen LogP contribution is -2.25. The Hall–Kier alpha value is -3.97. The van der Waals surface area contributed by atoms with Gasteiger partial charge in [0, 0.05) is 11.8 Å². The van der Waals surface area contributed by atoms with E-state index in [0.717, 1.165) is 6.07 Å². The molecule has 0 saturated carbocycles. The number of hydrogen-bond donors (Lipinski definition) is 2. The molecule has 0 unspecified atom stereocenters. The summed E-state index contributed by atoms with van der Waals surface area (Å²) in [7, 11) is -3.84. The Bertz CT molecular complexity index is 1310. The van der Waals surface area contributed by atoms with E-state index in [9.17, 15) is 26.8 Å². The molecule has 2 N–H and O–H groups in total. The average molecular weight is 494 g/mol. The van der Waals surface area contributed by atoms with E-state index in [1.54, 1.807) is 12.1 Å². The van der Waals surface area contributed by atoms with Gasteiger partial charge in [0.2, 0.25) is 10.0 Å². The van der Waals surface area contributed by atoms with Crippen LogP contribution in [0.1, 0.15) is 16.1 Å². The lowest BCUT2D eigenvalue weighted by atomic mass is 10.2. The maximum atomic E-state index is 13.1. The van der Waals surface area contributed by atoms with Crippen LogP contribution in [0, 0.1) is 0 Å². The fraction of sp³-hybridized carbons (Fsp3) is 0.143. The average Bonchev–Trinajstić information content (AvgIpc) is 3.42. The van der Waals surface area contributed by atoms with Crippen LogP contribution in [-0.2, 0) is 26.1 Å². The number of furan rings is 1. The monoisotopic (exact) mass is 494 g/mol. The number of benzene rings is 2. The molecule has 0 radical (unpaired) electrons. The van der Waals surface area contributed by atoms with Gasteiger partial charge in [0.1, 0.15) is 5.76 Å². The molecule has 2 aromatic carbocycles. The number of carbonyl (C=O) groups is 2. The summed E-state index contributed by atoms with van der Waals surface area (Å²) in [4.78, 5) is 24.1. The van der Waals surface area contributed by atoms with Crippen molar-refractivity contribution in [2.45, 2.75) is 17.7 Å². The second-order valence-electron chi connectivity index (χ2n) is 6.88. The maximum Gasteiger partial charge on any atom is 0.586 e. The van der Waals surface area contributed by atoms with E-state index in [1.807, 2.05) is 0 Å². The van der Waals surface area contributed by atoms with E-state index in [4.69, 9.17) is 9.15 Å². The molecule has 10 nitrogen and oxygen atoms in total. The summed E-state index contributed by atoms with van der Waals surface area (Å²) >= 11 is 0. The Morgan fingerprint density at radius 1 is 1.00 bits per heavy atom. The van der Waals surface area contributed by atoms with Crippen LogP contribution >= 0.6 is 0 Å². The van der Waals surface area contributed by atoms with Crippen LogP contribution in [-0.4, -0.2) is 33.2 Å². The summed E-state index contributed by atoms with van der Waals surface area (Å²) in [6, 6.07) is 11.8. The summed E-state index contributed by atoms with van der Waals surface area (Å²) < 4.78 is 71.6. The van der Waals surface area contributed by atoms with Crippen molar-refractivity contribution in [2.24, 2.45) is 0 Å². The standard InChI is InChI=1S/C21H16F2N2O8S/c22-21(23)32-17-8-5-14(10-18(17)33-21)25-19(26)12-31-20(27)13-3-6-16(7-4-13)34(28,29)24-11-15-2-1-9-30-15/h1-10,24H,11-12H2,(H,25,26). The van der Waals surface area contributed by atoms with Crippen LogP contribution in [0.3, 0.4) is 0 Å². The molecule has 1 amide bonds. The molecule has 13 heteroatoms. The van der Waals surface area contributed by atoms with Crippen molar-refractivity contribution in [3.05, 3.63) is 72.2 Å². The number of ether oxygens (including phenoxy) is 3. The molecule has 0 aliphatic carbocycles. The first-order chi connectivity index (χ1) is 16.1. The zero-order valence-corrected chi connectivity index (χ0v) is 17.9. The summed E-state index contributed by atoms with van der Waals surface area (Å²) in [5.74, 6) is -1.61. The van der Waals surface area contributed by atoms with Crippen molar-refractivity contribution < 1.29 is 45.4 Å². The van der Waals surface area contributed by atoms with Gasteiger partial charge in [-0.2, -0.15) is 0 Å². The zero-order chi connectivity index (χ0) is 24.3. The molecule has 178 valence electrons. The summed E-state index contributed by atoms with van der Waals surface area (Å²) in [6.07, 6.45) is -2.37. The molecule has 1 aliphatic heterocycles. The third-order valence-electron chi connectivity index (χ3n) is 4.44. The van der Waals surface area contributed by atoms with Gasteiger partial charge in [-0.3, -0.25) is 4.79 Å². The molecular formula is C21H16F2N2O8S. The number of fused-ring (bicyclic) bond motifs is 1. The lowest BCUT2D eigenvalue weighted by molar-refractivity contribution is -0.286. The van der Waals surface area contributed by atoms with E-state index >= 15 is 0 Å². The van der Waals surface area contributed by atoms with Gasteiger partial charge in [-0.25, -0.2) is 17.9 Å². The van der Waals surface area contributed by atoms with Gasteiger partial charge in [0.05, 0.1) is 23.3 Å². The van der Waals surface area contributed by atoms with Gasteiger partial charge in [-0.05, 0) is 48.5 Å². The van der Waals surface area contributed by atoms with Crippen molar-refractivity contribution in [1.29, 1.82) is 0 Å². The van der Waals surface area contributed by atoms with E-state index in [-0.39, 0.29) is 34.2 Å². The number of hydrogen-bond acceptors (Lipinski definition) is 8. The molecule has 1 aromatic heterocycles. The van der Waals surface area contributed by atoms with Crippen molar-refractivity contribution in [2.75, 3.05) is 11.9 Å². The first-order valence-electron chi connectivity index (χ1n) is 9.60. The van der Waals surface area contributed by atoms with E-state index in [0.29, 0.717) is 5.76 Å². The van der Waals surface area contributed by atoms with Crippen LogP contribution in [0.5, 0.6) is 11.5 Å².